The molecule has 0 spiro atoms. The van der Waals surface area contributed by atoms with Crippen molar-refractivity contribution in [3.05, 3.63) is 23.8 Å². The van der Waals surface area contributed by atoms with Gasteiger partial charge in [-0.05, 0) is 34.3 Å². The molecule has 135 valence electrons. The molecule has 0 aliphatic carbocycles. The first kappa shape index (κ1) is 22.9. The van der Waals surface area contributed by atoms with Gasteiger partial charge in [-0.3, -0.25) is 0 Å². The highest BCUT2D eigenvalue weighted by atomic mass is 31.1. The quantitative estimate of drug-likeness (QED) is 0.173. The van der Waals surface area contributed by atoms with E-state index in [2.05, 4.69) is 37.6 Å². The van der Waals surface area contributed by atoms with Crippen molar-refractivity contribution in [1.82, 2.24) is 0 Å². The van der Waals surface area contributed by atoms with Crippen LogP contribution in [0.15, 0.2) is 23.8 Å². The summed E-state index contributed by atoms with van der Waals surface area (Å²) in [6, 6.07) is 0. The molecule has 0 fully saturated rings. The molecule has 0 nitrogen and oxygen atoms in total. The fourth-order valence-electron chi connectivity index (χ4n) is 2.76. The van der Waals surface area contributed by atoms with E-state index in [0.717, 1.165) is 0 Å². The van der Waals surface area contributed by atoms with E-state index in [0.29, 0.717) is 0 Å². The Labute approximate surface area is 149 Å². The zero-order valence-corrected chi connectivity index (χ0v) is 17.0. The van der Waals surface area contributed by atoms with Gasteiger partial charge in [-0.25, -0.2) is 0 Å². The van der Waals surface area contributed by atoms with Crippen molar-refractivity contribution in [2.45, 2.75) is 117 Å². The predicted molar refractivity (Wildman–Crippen MR) is 110 cm³/mol. The highest BCUT2D eigenvalue weighted by Gasteiger charge is 1.90. The molecule has 23 heavy (non-hydrogen) atoms. The molecule has 0 atom stereocenters. The molecule has 0 aromatic rings. The van der Waals surface area contributed by atoms with Gasteiger partial charge in [0.15, 0.2) is 0 Å². The van der Waals surface area contributed by atoms with Gasteiger partial charge in [-0.1, -0.05) is 115 Å². The van der Waals surface area contributed by atoms with Crippen molar-refractivity contribution in [2.24, 2.45) is 0 Å². The lowest BCUT2D eigenvalue weighted by molar-refractivity contribution is 0.592. The van der Waals surface area contributed by atoms with Gasteiger partial charge in [-0.2, -0.15) is 0 Å². The number of allylic oxidation sites excluding steroid dienone is 2. The summed E-state index contributed by atoms with van der Waals surface area (Å²) in [6.45, 7) is 4.57. The van der Waals surface area contributed by atoms with Crippen molar-refractivity contribution in [1.29, 1.82) is 0 Å². The van der Waals surface area contributed by atoms with Crippen LogP contribution >= 0.6 is 8.58 Å². The van der Waals surface area contributed by atoms with Crippen molar-refractivity contribution in [3.8, 4) is 0 Å². The monoisotopic (exact) mass is 337 g/mol. The summed E-state index contributed by atoms with van der Waals surface area (Å²) < 4.78 is 0. The summed E-state index contributed by atoms with van der Waals surface area (Å²) >= 11 is 0. The van der Waals surface area contributed by atoms with Gasteiger partial charge < -0.3 is 0 Å². The molecule has 0 aromatic heterocycles. The SMILES string of the molecule is CCCCCCCCCC=C[P]C=CCCCCCCCCC. The largest absolute Gasteiger partial charge is 0.0834 e. The highest BCUT2D eigenvalue weighted by Crippen LogP contribution is 2.16. The van der Waals surface area contributed by atoms with Crippen LogP contribution in [0.4, 0.5) is 0 Å². The van der Waals surface area contributed by atoms with Crippen LogP contribution in [0.1, 0.15) is 117 Å². The van der Waals surface area contributed by atoms with Gasteiger partial charge in [0, 0.05) is 0 Å². The molecule has 0 N–H and O–H groups in total. The second-order valence-electron chi connectivity index (χ2n) is 6.74. The van der Waals surface area contributed by atoms with Crippen molar-refractivity contribution >= 4 is 8.58 Å². The van der Waals surface area contributed by atoms with Crippen molar-refractivity contribution in [2.75, 3.05) is 0 Å². The molecular formula is C22H42P. The molecule has 0 aromatic carbocycles. The molecule has 1 radical (unpaired) electrons. The van der Waals surface area contributed by atoms with E-state index >= 15 is 0 Å². The Morgan fingerprint density at radius 2 is 0.826 bits per heavy atom. The second kappa shape index (κ2) is 21.9. The van der Waals surface area contributed by atoms with Crippen molar-refractivity contribution < 1.29 is 0 Å². The second-order valence-corrected chi connectivity index (χ2v) is 7.63. The first-order valence-corrected chi connectivity index (χ1v) is 11.4. The first-order valence-electron chi connectivity index (χ1n) is 10.4. The van der Waals surface area contributed by atoms with E-state index < -0.39 is 0 Å². The van der Waals surface area contributed by atoms with Gasteiger partial charge in [0.25, 0.3) is 0 Å². The van der Waals surface area contributed by atoms with Crippen molar-refractivity contribution in [3.63, 3.8) is 0 Å². The van der Waals surface area contributed by atoms with Gasteiger partial charge in [0.2, 0.25) is 0 Å². The summed E-state index contributed by atoms with van der Waals surface area (Å²) in [4.78, 5) is 0. The van der Waals surface area contributed by atoms with Crippen LogP contribution in [0.25, 0.3) is 0 Å². The number of unbranched alkanes of at least 4 members (excludes halogenated alkanes) is 14. The van der Waals surface area contributed by atoms with Crippen LogP contribution in [-0.2, 0) is 0 Å². The Kier molecular flexibility index (Phi) is 21.8. The maximum atomic E-state index is 2.37. The molecule has 0 heterocycles. The average molecular weight is 338 g/mol. The number of hydrogen-bond donors (Lipinski definition) is 0. The third-order valence-electron chi connectivity index (χ3n) is 4.33. The van der Waals surface area contributed by atoms with E-state index in [4.69, 9.17) is 0 Å². The molecular weight excluding hydrogens is 295 g/mol. The smallest absolute Gasteiger partial charge is 0.0267 e. The minimum absolute atomic E-state index is 1.27. The van der Waals surface area contributed by atoms with Gasteiger partial charge in [0.05, 0.1) is 0 Å². The Bertz CT molecular complexity index is 229. The molecule has 0 saturated heterocycles. The van der Waals surface area contributed by atoms with Gasteiger partial charge in [-0.15, -0.1) is 0 Å². The lowest BCUT2D eigenvalue weighted by Gasteiger charge is -1.99. The minimum Gasteiger partial charge on any atom is -0.0834 e. The van der Waals surface area contributed by atoms with E-state index in [1.165, 1.54) is 111 Å². The number of rotatable bonds is 18. The maximum Gasteiger partial charge on any atom is -0.0267 e. The lowest BCUT2D eigenvalue weighted by atomic mass is 10.1. The summed E-state index contributed by atoms with van der Waals surface area (Å²) in [7, 11) is 1.37. The summed E-state index contributed by atoms with van der Waals surface area (Å²) in [6.07, 6.45) is 27.0. The highest BCUT2D eigenvalue weighted by molar-refractivity contribution is 7.45. The molecule has 0 bridgehead atoms. The molecule has 0 aliphatic rings. The van der Waals surface area contributed by atoms with Crippen LogP contribution in [0, 0.1) is 0 Å². The topological polar surface area (TPSA) is 0 Å². The van der Waals surface area contributed by atoms with E-state index in [1.807, 2.05) is 0 Å². The molecule has 0 saturated carbocycles. The van der Waals surface area contributed by atoms with Crippen LogP contribution in [-0.4, -0.2) is 0 Å². The molecule has 0 amide bonds. The summed E-state index contributed by atoms with van der Waals surface area (Å²) in [5.41, 5.74) is 0. The van der Waals surface area contributed by atoms with Gasteiger partial charge >= 0.3 is 0 Å². The first-order chi connectivity index (χ1) is 11.4. The van der Waals surface area contributed by atoms with E-state index in [9.17, 15) is 0 Å². The van der Waals surface area contributed by atoms with E-state index in [1.54, 1.807) is 0 Å². The predicted octanol–water partition coefficient (Wildman–Crippen LogP) is 9.24. The third kappa shape index (κ3) is 21.9. The molecule has 0 rings (SSSR count). The maximum absolute atomic E-state index is 2.37. The Balaban J connectivity index is 3.14. The lowest BCUT2D eigenvalue weighted by Crippen LogP contribution is -1.78. The Morgan fingerprint density at radius 1 is 0.478 bits per heavy atom. The average Bonchev–Trinajstić information content (AvgIpc) is 2.57. The number of hydrogen-bond acceptors (Lipinski definition) is 0. The third-order valence-corrected chi connectivity index (χ3v) is 5.10. The van der Waals surface area contributed by atoms with Crippen LogP contribution in [0.3, 0.4) is 0 Å². The minimum atomic E-state index is 1.27. The Hall–Kier alpha value is -0.0900. The van der Waals surface area contributed by atoms with Crippen LogP contribution < -0.4 is 0 Å². The summed E-state index contributed by atoms with van der Waals surface area (Å²) in [5.74, 6) is 4.64. The van der Waals surface area contributed by atoms with E-state index in [-0.39, 0.29) is 0 Å². The molecule has 0 aliphatic heterocycles. The molecule has 0 unspecified atom stereocenters. The Morgan fingerprint density at radius 3 is 1.22 bits per heavy atom. The standard InChI is InChI=1S/C22H42P/c1-3-5-7-9-11-13-15-17-19-21-23-22-20-18-16-14-12-10-8-6-4-2/h19-22H,3-18H2,1-2H3. The fraction of sp³-hybridized carbons (Fsp3) is 0.818. The zero-order valence-electron chi connectivity index (χ0n) is 16.1. The zero-order chi connectivity index (χ0) is 16.8. The van der Waals surface area contributed by atoms with Crippen LogP contribution in [0.5, 0.6) is 0 Å². The van der Waals surface area contributed by atoms with Crippen LogP contribution in [0.2, 0.25) is 0 Å². The summed E-state index contributed by atoms with van der Waals surface area (Å²) in [5, 5.41) is 0. The molecule has 1 heteroatoms. The normalized spacial score (nSPS) is 12.4. The van der Waals surface area contributed by atoms with Gasteiger partial charge in [0.1, 0.15) is 0 Å². The fourth-order valence-corrected chi connectivity index (χ4v) is 3.40.